The van der Waals surface area contributed by atoms with E-state index in [0.29, 0.717) is 19.5 Å². The summed E-state index contributed by atoms with van der Waals surface area (Å²) in [5.74, 6) is -0.936. The van der Waals surface area contributed by atoms with E-state index in [1.54, 1.807) is 11.8 Å². The first kappa shape index (κ1) is 21.1. The lowest BCUT2D eigenvalue weighted by atomic mass is 10.2. The average Bonchev–Trinajstić information content (AvgIpc) is 2.60. The van der Waals surface area contributed by atoms with E-state index in [2.05, 4.69) is 4.72 Å². The van der Waals surface area contributed by atoms with Gasteiger partial charge in [0.25, 0.3) is 5.91 Å². The van der Waals surface area contributed by atoms with Crippen molar-refractivity contribution in [2.24, 2.45) is 0 Å². The van der Waals surface area contributed by atoms with Gasteiger partial charge in [-0.1, -0.05) is 6.92 Å². The Kier molecular flexibility index (Phi) is 8.05. The number of nitrogens with one attached hydrogen (secondary N) is 1. The lowest BCUT2D eigenvalue weighted by Crippen LogP contribution is -2.34. The highest BCUT2D eigenvalue weighted by molar-refractivity contribution is 7.89. The molecule has 0 aliphatic rings. The number of hydrogen-bond donors (Lipinski definition) is 1. The molecule has 8 heteroatoms. The van der Waals surface area contributed by atoms with E-state index in [9.17, 15) is 18.0 Å². The van der Waals surface area contributed by atoms with Crippen LogP contribution in [0.4, 0.5) is 0 Å². The molecule has 1 amide bonds. The predicted octanol–water partition coefficient (Wildman–Crippen LogP) is 1.79. The highest BCUT2D eigenvalue weighted by Gasteiger charge is 2.18. The minimum atomic E-state index is -3.62. The molecule has 1 rings (SSSR count). The van der Waals surface area contributed by atoms with Gasteiger partial charge in [-0.15, -0.1) is 0 Å². The Labute approximate surface area is 149 Å². The Morgan fingerprint density at radius 3 is 2.16 bits per heavy atom. The molecule has 0 bridgehead atoms. The number of carbonyl (C=O) groups excluding carboxylic acids is 2. The number of sulfonamides is 1. The third-order valence-corrected chi connectivity index (χ3v) is 5.42. The van der Waals surface area contributed by atoms with Crippen LogP contribution >= 0.6 is 0 Å². The molecular formula is C17H26N2O5S. The zero-order valence-electron chi connectivity index (χ0n) is 15.1. The van der Waals surface area contributed by atoms with Crippen LogP contribution in [-0.2, 0) is 19.6 Å². The molecule has 0 aromatic heterocycles. The molecule has 140 valence electrons. The van der Waals surface area contributed by atoms with Crippen LogP contribution in [-0.4, -0.2) is 50.9 Å². The van der Waals surface area contributed by atoms with Gasteiger partial charge in [-0.3, -0.25) is 4.79 Å². The standard InChI is InChI=1S/C17H26N2O5S/c1-5-13(4)18-25(22,23)15-10-8-14(9-11-15)17(21)24-12-16(20)19(6-2)7-3/h8-11,13,18H,5-7,12H2,1-4H3/t13-/m0/s1. The van der Waals surface area contributed by atoms with Gasteiger partial charge in [-0.2, -0.15) is 0 Å². The number of ether oxygens (including phenoxy) is 1. The predicted molar refractivity (Wildman–Crippen MR) is 94.7 cm³/mol. The zero-order chi connectivity index (χ0) is 19.0. The van der Waals surface area contributed by atoms with Gasteiger partial charge in [0, 0.05) is 19.1 Å². The first-order valence-corrected chi connectivity index (χ1v) is 9.80. The van der Waals surface area contributed by atoms with E-state index in [1.807, 2.05) is 20.8 Å². The Morgan fingerprint density at radius 1 is 1.12 bits per heavy atom. The Balaban J connectivity index is 2.73. The molecule has 0 fully saturated rings. The molecule has 0 radical (unpaired) electrons. The molecule has 0 heterocycles. The lowest BCUT2D eigenvalue weighted by molar-refractivity contribution is -0.134. The molecule has 0 saturated carbocycles. The van der Waals surface area contributed by atoms with Crippen LogP contribution in [0.3, 0.4) is 0 Å². The number of amides is 1. The molecule has 0 saturated heterocycles. The summed E-state index contributed by atoms with van der Waals surface area (Å²) < 4.78 is 31.9. The fourth-order valence-corrected chi connectivity index (χ4v) is 3.39. The van der Waals surface area contributed by atoms with Crippen molar-refractivity contribution in [3.63, 3.8) is 0 Å². The largest absolute Gasteiger partial charge is 0.452 e. The van der Waals surface area contributed by atoms with Crippen molar-refractivity contribution < 1.29 is 22.7 Å². The number of nitrogens with zero attached hydrogens (tertiary/aromatic N) is 1. The van der Waals surface area contributed by atoms with E-state index in [1.165, 1.54) is 24.3 Å². The summed E-state index contributed by atoms with van der Waals surface area (Å²) >= 11 is 0. The minimum Gasteiger partial charge on any atom is -0.452 e. The topological polar surface area (TPSA) is 92.8 Å². The van der Waals surface area contributed by atoms with Crippen LogP contribution in [0.15, 0.2) is 29.2 Å². The first-order valence-electron chi connectivity index (χ1n) is 8.32. The molecule has 0 aliphatic heterocycles. The molecule has 7 nitrogen and oxygen atoms in total. The molecule has 25 heavy (non-hydrogen) atoms. The third kappa shape index (κ3) is 6.13. The van der Waals surface area contributed by atoms with Crippen molar-refractivity contribution in [1.29, 1.82) is 0 Å². The molecular weight excluding hydrogens is 344 g/mol. The summed E-state index contributed by atoms with van der Waals surface area (Å²) in [6.07, 6.45) is 0.671. The second-order valence-electron chi connectivity index (χ2n) is 5.60. The van der Waals surface area contributed by atoms with Gasteiger partial charge < -0.3 is 9.64 Å². The van der Waals surface area contributed by atoms with Gasteiger partial charge in [0.1, 0.15) is 0 Å². The van der Waals surface area contributed by atoms with Gasteiger partial charge in [-0.05, 0) is 51.5 Å². The molecule has 1 aromatic rings. The Bertz CT molecular complexity index is 681. The van der Waals surface area contributed by atoms with Gasteiger partial charge in [0.05, 0.1) is 10.5 Å². The fraction of sp³-hybridized carbons (Fsp3) is 0.529. The molecule has 0 spiro atoms. The van der Waals surface area contributed by atoms with Crippen molar-refractivity contribution in [2.45, 2.75) is 45.1 Å². The van der Waals surface area contributed by atoms with E-state index >= 15 is 0 Å². The summed E-state index contributed by atoms with van der Waals surface area (Å²) in [4.78, 5) is 25.4. The van der Waals surface area contributed by atoms with E-state index in [0.717, 1.165) is 0 Å². The molecule has 0 aliphatic carbocycles. The summed E-state index contributed by atoms with van der Waals surface area (Å²) in [5.41, 5.74) is 0.190. The fourth-order valence-electron chi connectivity index (χ4n) is 2.06. The summed E-state index contributed by atoms with van der Waals surface area (Å²) in [6, 6.07) is 5.24. The van der Waals surface area contributed by atoms with Crippen LogP contribution < -0.4 is 4.72 Å². The van der Waals surface area contributed by atoms with Crippen LogP contribution in [0.25, 0.3) is 0 Å². The van der Waals surface area contributed by atoms with E-state index < -0.39 is 16.0 Å². The maximum atomic E-state index is 12.2. The number of carbonyl (C=O) groups is 2. The summed E-state index contributed by atoms with van der Waals surface area (Å²) in [5, 5.41) is 0. The minimum absolute atomic E-state index is 0.0727. The quantitative estimate of drug-likeness (QED) is 0.669. The number of esters is 1. The second-order valence-corrected chi connectivity index (χ2v) is 7.31. The third-order valence-electron chi connectivity index (χ3n) is 3.81. The van der Waals surface area contributed by atoms with Gasteiger partial charge >= 0.3 is 5.97 Å². The first-order chi connectivity index (χ1) is 11.7. The number of benzene rings is 1. The number of likely N-dealkylation sites (N-methyl/N-ethyl adjacent to an activating group) is 1. The van der Waals surface area contributed by atoms with E-state index in [-0.39, 0.29) is 29.0 Å². The Hall–Kier alpha value is -1.93. The SMILES string of the molecule is CC[C@H](C)NS(=O)(=O)c1ccc(C(=O)OCC(=O)N(CC)CC)cc1. The molecule has 1 atom stereocenters. The summed E-state index contributed by atoms with van der Waals surface area (Å²) in [6.45, 7) is 8.09. The smallest absolute Gasteiger partial charge is 0.338 e. The molecule has 1 aromatic carbocycles. The lowest BCUT2D eigenvalue weighted by Gasteiger charge is -2.18. The van der Waals surface area contributed by atoms with Crippen LogP contribution in [0.1, 0.15) is 44.5 Å². The average molecular weight is 370 g/mol. The Morgan fingerprint density at radius 2 is 1.68 bits per heavy atom. The highest BCUT2D eigenvalue weighted by atomic mass is 32.2. The monoisotopic (exact) mass is 370 g/mol. The maximum absolute atomic E-state index is 12.2. The second kappa shape index (κ2) is 9.53. The van der Waals surface area contributed by atoms with Crippen LogP contribution in [0.2, 0.25) is 0 Å². The van der Waals surface area contributed by atoms with Crippen molar-refractivity contribution in [3.8, 4) is 0 Å². The summed E-state index contributed by atoms with van der Waals surface area (Å²) in [7, 11) is -3.62. The van der Waals surface area contributed by atoms with Crippen molar-refractivity contribution >= 4 is 21.9 Å². The number of rotatable bonds is 9. The molecule has 1 N–H and O–H groups in total. The highest BCUT2D eigenvalue weighted by Crippen LogP contribution is 2.12. The van der Waals surface area contributed by atoms with Crippen molar-refractivity contribution in [3.05, 3.63) is 29.8 Å². The normalized spacial score (nSPS) is 12.5. The van der Waals surface area contributed by atoms with E-state index in [4.69, 9.17) is 4.74 Å². The zero-order valence-corrected chi connectivity index (χ0v) is 15.9. The van der Waals surface area contributed by atoms with Crippen LogP contribution in [0.5, 0.6) is 0 Å². The number of hydrogen-bond acceptors (Lipinski definition) is 5. The van der Waals surface area contributed by atoms with Gasteiger partial charge in [-0.25, -0.2) is 17.9 Å². The van der Waals surface area contributed by atoms with Crippen molar-refractivity contribution in [2.75, 3.05) is 19.7 Å². The van der Waals surface area contributed by atoms with Gasteiger partial charge in [0.15, 0.2) is 6.61 Å². The van der Waals surface area contributed by atoms with Crippen LogP contribution in [0, 0.1) is 0 Å². The van der Waals surface area contributed by atoms with Gasteiger partial charge in [0.2, 0.25) is 10.0 Å². The maximum Gasteiger partial charge on any atom is 0.338 e. The van der Waals surface area contributed by atoms with Crippen molar-refractivity contribution in [1.82, 2.24) is 9.62 Å². The molecule has 0 unspecified atom stereocenters.